The average Bonchev–Trinajstić information content (AvgIpc) is 3.70. The molecule has 0 saturated carbocycles. The Labute approximate surface area is 261 Å². The lowest BCUT2D eigenvalue weighted by atomic mass is 10.0. The summed E-state index contributed by atoms with van der Waals surface area (Å²) in [6, 6.07) is 60.8. The van der Waals surface area contributed by atoms with E-state index in [9.17, 15) is 0 Å². The van der Waals surface area contributed by atoms with Crippen LogP contribution in [0.2, 0.25) is 0 Å². The van der Waals surface area contributed by atoms with Gasteiger partial charge in [0.05, 0.1) is 16.6 Å². The normalized spacial score (nSPS) is 11.6. The van der Waals surface area contributed by atoms with Crippen LogP contribution in [0.1, 0.15) is 0 Å². The van der Waals surface area contributed by atoms with Crippen molar-refractivity contribution >= 4 is 60.5 Å². The lowest BCUT2D eigenvalue weighted by molar-refractivity contribution is 1.13. The summed E-state index contributed by atoms with van der Waals surface area (Å²) in [7, 11) is 0. The zero-order valence-corrected chi connectivity index (χ0v) is 24.6. The van der Waals surface area contributed by atoms with Crippen molar-refractivity contribution in [2.75, 3.05) is 4.90 Å². The van der Waals surface area contributed by atoms with Gasteiger partial charge >= 0.3 is 0 Å². The Morgan fingerprint density at radius 1 is 0.378 bits per heavy atom. The molecule has 0 N–H and O–H groups in total. The molecule has 2 aromatic heterocycles. The molecule has 0 radical (unpaired) electrons. The van der Waals surface area contributed by atoms with Gasteiger partial charge in [-0.25, -0.2) is 0 Å². The van der Waals surface area contributed by atoms with Gasteiger partial charge in [-0.1, -0.05) is 91.0 Å². The molecule has 45 heavy (non-hydrogen) atoms. The van der Waals surface area contributed by atoms with Crippen molar-refractivity contribution in [1.82, 2.24) is 9.13 Å². The van der Waals surface area contributed by atoms with Crippen LogP contribution in [0.15, 0.2) is 176 Å². The van der Waals surface area contributed by atoms with Gasteiger partial charge in [0.2, 0.25) is 0 Å². The molecule has 0 atom stereocenters. The number of benzene rings is 7. The predicted molar refractivity (Wildman–Crippen MR) is 190 cm³/mol. The molecule has 0 spiro atoms. The minimum Gasteiger partial charge on any atom is -0.317 e. The molecule has 0 amide bonds. The second kappa shape index (κ2) is 10.3. The SMILES string of the molecule is c1ccc(N(c2ccccc2)c2ccc(-n3c4ccccc4c4ccc5ccc6c(ccn6-c6ccccc6)c5c43)cc2)cc1. The van der Waals surface area contributed by atoms with E-state index in [1.165, 1.54) is 43.5 Å². The number of anilines is 3. The first kappa shape index (κ1) is 25.4. The number of aromatic nitrogens is 2. The van der Waals surface area contributed by atoms with Gasteiger partial charge in [0.15, 0.2) is 0 Å². The van der Waals surface area contributed by atoms with Gasteiger partial charge in [0.1, 0.15) is 0 Å². The highest BCUT2D eigenvalue weighted by atomic mass is 15.1. The average molecular weight is 576 g/mol. The van der Waals surface area contributed by atoms with Crippen LogP contribution in [0.3, 0.4) is 0 Å². The Morgan fingerprint density at radius 3 is 1.69 bits per heavy atom. The predicted octanol–water partition coefficient (Wildman–Crippen LogP) is 11.4. The molecule has 0 aliphatic heterocycles. The van der Waals surface area contributed by atoms with E-state index in [4.69, 9.17) is 0 Å². The van der Waals surface area contributed by atoms with Crippen LogP contribution in [0.5, 0.6) is 0 Å². The summed E-state index contributed by atoms with van der Waals surface area (Å²) < 4.78 is 4.74. The van der Waals surface area contributed by atoms with Crippen LogP contribution < -0.4 is 4.90 Å². The van der Waals surface area contributed by atoms with Crippen LogP contribution in [0.25, 0.3) is 54.9 Å². The number of hydrogen-bond acceptors (Lipinski definition) is 1. The zero-order chi connectivity index (χ0) is 29.7. The minimum absolute atomic E-state index is 1.11. The van der Waals surface area contributed by atoms with Crippen LogP contribution in [0, 0.1) is 0 Å². The molecule has 0 aliphatic carbocycles. The van der Waals surface area contributed by atoms with Gasteiger partial charge in [-0.2, -0.15) is 0 Å². The topological polar surface area (TPSA) is 13.1 Å². The first-order valence-electron chi connectivity index (χ1n) is 15.4. The summed E-state index contributed by atoms with van der Waals surface area (Å²) in [4.78, 5) is 2.31. The van der Waals surface area contributed by atoms with E-state index in [1.54, 1.807) is 0 Å². The molecule has 3 heteroatoms. The molecule has 0 fully saturated rings. The number of nitrogens with zero attached hydrogens (tertiary/aromatic N) is 3. The molecular weight excluding hydrogens is 546 g/mol. The molecule has 9 rings (SSSR count). The fourth-order valence-electron chi connectivity index (χ4n) is 6.92. The first-order valence-corrected chi connectivity index (χ1v) is 15.4. The molecule has 0 aliphatic rings. The lowest BCUT2D eigenvalue weighted by Gasteiger charge is -2.25. The molecule has 0 unspecified atom stereocenters. The maximum absolute atomic E-state index is 2.45. The van der Waals surface area contributed by atoms with Crippen molar-refractivity contribution < 1.29 is 0 Å². The van der Waals surface area contributed by atoms with E-state index in [2.05, 4.69) is 190 Å². The van der Waals surface area contributed by atoms with Crippen molar-refractivity contribution in [3.63, 3.8) is 0 Å². The van der Waals surface area contributed by atoms with Crippen LogP contribution in [0.4, 0.5) is 17.1 Å². The Morgan fingerprint density at radius 2 is 0.978 bits per heavy atom. The smallest absolute Gasteiger partial charge is 0.0626 e. The highest BCUT2D eigenvalue weighted by Gasteiger charge is 2.18. The molecule has 9 aromatic rings. The van der Waals surface area contributed by atoms with Gasteiger partial charge in [0.25, 0.3) is 0 Å². The molecule has 0 bridgehead atoms. The highest BCUT2D eigenvalue weighted by molar-refractivity contribution is 6.25. The third kappa shape index (κ3) is 4.05. The Kier molecular flexibility index (Phi) is 5.82. The number of rotatable bonds is 5. The van der Waals surface area contributed by atoms with E-state index in [0.717, 1.165) is 28.4 Å². The van der Waals surface area contributed by atoms with Gasteiger partial charge in [-0.05, 0) is 84.2 Å². The van der Waals surface area contributed by atoms with Crippen LogP contribution >= 0.6 is 0 Å². The summed E-state index contributed by atoms with van der Waals surface area (Å²) >= 11 is 0. The van der Waals surface area contributed by atoms with E-state index in [1.807, 2.05) is 0 Å². The number of fused-ring (bicyclic) bond motifs is 7. The fraction of sp³-hybridized carbons (Fsp3) is 0. The Balaban J connectivity index is 1.29. The number of para-hydroxylation sites is 4. The van der Waals surface area contributed by atoms with Crippen LogP contribution in [-0.2, 0) is 0 Å². The minimum atomic E-state index is 1.11. The van der Waals surface area contributed by atoms with Gasteiger partial charge in [-0.15, -0.1) is 0 Å². The van der Waals surface area contributed by atoms with Crippen LogP contribution in [-0.4, -0.2) is 9.13 Å². The van der Waals surface area contributed by atoms with E-state index in [-0.39, 0.29) is 0 Å². The molecule has 3 nitrogen and oxygen atoms in total. The zero-order valence-electron chi connectivity index (χ0n) is 24.6. The standard InChI is InChI=1S/C42H29N3/c1-4-12-31(13-5-1)43-29-28-38-39(43)27-21-30-20-26-37-36-18-10-11-19-40(36)45(42(37)41(30)38)35-24-22-34(23-25-35)44(32-14-6-2-7-15-32)33-16-8-3-9-17-33/h1-29H. The third-order valence-corrected chi connectivity index (χ3v) is 8.91. The van der Waals surface area contributed by atoms with Crippen molar-refractivity contribution in [3.8, 4) is 11.4 Å². The maximum atomic E-state index is 2.45. The first-order chi connectivity index (χ1) is 22.3. The molecule has 2 heterocycles. The van der Waals surface area contributed by atoms with Crippen molar-refractivity contribution in [2.24, 2.45) is 0 Å². The van der Waals surface area contributed by atoms with Gasteiger partial charge in [0, 0.05) is 56.2 Å². The summed E-state index contributed by atoms with van der Waals surface area (Å²) in [6.45, 7) is 0. The molecule has 212 valence electrons. The monoisotopic (exact) mass is 575 g/mol. The summed E-state index contributed by atoms with van der Waals surface area (Å²) in [5, 5.41) is 6.28. The summed E-state index contributed by atoms with van der Waals surface area (Å²) in [5.41, 5.74) is 9.32. The second-order valence-corrected chi connectivity index (χ2v) is 11.5. The van der Waals surface area contributed by atoms with Gasteiger partial charge in [-0.3, -0.25) is 0 Å². The molecule has 0 saturated heterocycles. The second-order valence-electron chi connectivity index (χ2n) is 11.5. The number of hydrogen-bond donors (Lipinski definition) is 0. The van der Waals surface area contributed by atoms with E-state index >= 15 is 0 Å². The maximum Gasteiger partial charge on any atom is 0.0626 e. The molecular formula is C42H29N3. The lowest BCUT2D eigenvalue weighted by Crippen LogP contribution is -2.09. The molecule has 7 aromatic carbocycles. The highest BCUT2D eigenvalue weighted by Crippen LogP contribution is 2.41. The quantitative estimate of drug-likeness (QED) is 0.199. The van der Waals surface area contributed by atoms with Crippen molar-refractivity contribution in [2.45, 2.75) is 0 Å². The van der Waals surface area contributed by atoms with E-state index in [0.29, 0.717) is 0 Å². The van der Waals surface area contributed by atoms with Gasteiger partial charge < -0.3 is 14.0 Å². The Hall–Kier alpha value is -6.06. The largest absolute Gasteiger partial charge is 0.317 e. The Bertz CT molecular complexity index is 2420. The van der Waals surface area contributed by atoms with Crippen molar-refractivity contribution in [1.29, 1.82) is 0 Å². The third-order valence-electron chi connectivity index (χ3n) is 8.91. The summed E-state index contributed by atoms with van der Waals surface area (Å²) in [5.74, 6) is 0. The fourth-order valence-corrected chi connectivity index (χ4v) is 6.92. The summed E-state index contributed by atoms with van der Waals surface area (Å²) in [6.07, 6.45) is 2.20. The van der Waals surface area contributed by atoms with Crippen molar-refractivity contribution in [3.05, 3.63) is 176 Å². The van der Waals surface area contributed by atoms with E-state index < -0.39 is 0 Å².